The van der Waals surface area contributed by atoms with E-state index in [1.165, 1.54) is 24.3 Å². The molecule has 12 heteroatoms. The molecule has 1 unspecified atom stereocenters. The van der Waals surface area contributed by atoms with Crippen LogP contribution in [-0.4, -0.2) is 81.0 Å². The fourth-order valence-electron chi connectivity index (χ4n) is 5.87. The van der Waals surface area contributed by atoms with E-state index in [9.17, 15) is 23.6 Å². The number of hydrogen-bond acceptors (Lipinski definition) is 8. The summed E-state index contributed by atoms with van der Waals surface area (Å²) < 4.78 is 12.9. The van der Waals surface area contributed by atoms with Crippen LogP contribution in [0.25, 0.3) is 0 Å². The average Bonchev–Trinajstić information content (AvgIpc) is 3.15. The number of anilines is 2. The van der Waals surface area contributed by atoms with Gasteiger partial charge in [0, 0.05) is 86.1 Å². The third kappa shape index (κ3) is 10.6. The van der Waals surface area contributed by atoms with Crippen molar-refractivity contribution in [3.63, 3.8) is 0 Å². The van der Waals surface area contributed by atoms with E-state index in [4.69, 9.17) is 0 Å². The Morgan fingerprint density at radius 1 is 0.694 bits per heavy atom. The first kappa shape index (κ1) is 35.0. The van der Waals surface area contributed by atoms with Gasteiger partial charge in [0.25, 0.3) is 5.91 Å². The van der Waals surface area contributed by atoms with Crippen molar-refractivity contribution in [2.75, 3.05) is 43.4 Å². The summed E-state index contributed by atoms with van der Waals surface area (Å²) in [5, 5.41) is 5.80. The number of likely N-dealkylation sites (tertiary alicyclic amines) is 2. The van der Waals surface area contributed by atoms with Crippen molar-refractivity contribution in [3.8, 4) is 0 Å². The predicted molar refractivity (Wildman–Crippen MR) is 183 cm³/mol. The Kier molecular flexibility index (Phi) is 12.6. The Hall–Kier alpha value is -5.36. The number of benzene rings is 1. The lowest BCUT2D eigenvalue weighted by atomic mass is 9.95. The van der Waals surface area contributed by atoms with Crippen LogP contribution in [-0.2, 0) is 9.59 Å². The van der Waals surface area contributed by atoms with Crippen molar-refractivity contribution < 1.29 is 23.6 Å². The first-order chi connectivity index (χ1) is 23.9. The fourth-order valence-corrected chi connectivity index (χ4v) is 5.87. The number of hydrogen-bond donors (Lipinski definition) is 2. The average molecular weight is 666 g/mol. The van der Waals surface area contributed by atoms with Gasteiger partial charge >= 0.3 is 0 Å². The molecule has 0 bridgehead atoms. The van der Waals surface area contributed by atoms with E-state index in [-0.39, 0.29) is 41.2 Å². The van der Waals surface area contributed by atoms with Gasteiger partial charge in [0.05, 0.1) is 11.5 Å². The molecule has 0 radical (unpaired) electrons. The van der Waals surface area contributed by atoms with Crippen LogP contribution in [0.15, 0.2) is 97.8 Å². The number of aromatic nitrogens is 3. The summed E-state index contributed by atoms with van der Waals surface area (Å²) in [6.07, 6.45) is 13.3. The maximum Gasteiger partial charge on any atom is 0.255 e. The molecule has 0 aliphatic carbocycles. The zero-order chi connectivity index (χ0) is 34.4. The molecule has 1 atom stereocenters. The fraction of sp³-hybridized carbons (Fsp3) is 0.324. The number of piperidine rings is 2. The molecule has 2 saturated heterocycles. The highest BCUT2D eigenvalue weighted by Crippen LogP contribution is 2.21. The van der Waals surface area contributed by atoms with Gasteiger partial charge in [-0.3, -0.25) is 34.1 Å². The highest BCUT2D eigenvalue weighted by Gasteiger charge is 2.29. The zero-order valence-corrected chi connectivity index (χ0v) is 27.2. The number of rotatable bonds is 9. The number of amides is 3. The maximum absolute atomic E-state index is 12.9. The Balaban J connectivity index is 0.000000192. The van der Waals surface area contributed by atoms with Crippen LogP contribution in [0, 0.1) is 17.7 Å². The molecule has 6 rings (SSSR count). The first-order valence-corrected chi connectivity index (χ1v) is 16.5. The van der Waals surface area contributed by atoms with E-state index < -0.39 is 0 Å². The minimum atomic E-state index is -0.339. The quantitative estimate of drug-likeness (QED) is 0.235. The second-order valence-electron chi connectivity index (χ2n) is 12.1. The molecule has 254 valence electrons. The number of ketones is 1. The molecule has 0 saturated carbocycles. The van der Waals surface area contributed by atoms with Crippen molar-refractivity contribution in [2.45, 2.75) is 32.1 Å². The maximum atomic E-state index is 12.9. The monoisotopic (exact) mass is 665 g/mol. The Labute approximate surface area is 285 Å². The van der Waals surface area contributed by atoms with Gasteiger partial charge in [-0.1, -0.05) is 0 Å². The van der Waals surface area contributed by atoms with Gasteiger partial charge < -0.3 is 20.4 Å². The number of nitrogens with one attached hydrogen (secondary N) is 2. The second-order valence-corrected chi connectivity index (χ2v) is 12.1. The lowest BCUT2D eigenvalue weighted by Gasteiger charge is -2.32. The van der Waals surface area contributed by atoms with Gasteiger partial charge in [0.1, 0.15) is 5.82 Å². The van der Waals surface area contributed by atoms with Crippen molar-refractivity contribution >= 4 is 34.9 Å². The minimum absolute atomic E-state index is 0.00721. The lowest BCUT2D eigenvalue weighted by Crippen LogP contribution is -2.43. The molecule has 2 fully saturated rings. The van der Waals surface area contributed by atoms with Gasteiger partial charge in [-0.2, -0.15) is 0 Å². The summed E-state index contributed by atoms with van der Waals surface area (Å²) in [7, 11) is 0. The third-order valence-electron chi connectivity index (χ3n) is 8.66. The minimum Gasteiger partial charge on any atom is -0.338 e. The Morgan fingerprint density at radius 3 is 1.90 bits per heavy atom. The molecule has 1 aromatic carbocycles. The molecule has 3 amide bonds. The second kappa shape index (κ2) is 17.7. The molecule has 49 heavy (non-hydrogen) atoms. The molecular weight excluding hydrogens is 625 g/mol. The van der Waals surface area contributed by atoms with Gasteiger partial charge in [-0.05, 0) is 99.4 Å². The molecule has 2 N–H and O–H groups in total. The van der Waals surface area contributed by atoms with E-state index in [1.807, 2.05) is 0 Å². The van der Waals surface area contributed by atoms with Crippen molar-refractivity contribution in [1.29, 1.82) is 0 Å². The van der Waals surface area contributed by atoms with Crippen LogP contribution >= 0.6 is 0 Å². The van der Waals surface area contributed by atoms with Gasteiger partial charge in [0.15, 0.2) is 5.78 Å². The highest BCUT2D eigenvalue weighted by molar-refractivity contribution is 5.97. The van der Waals surface area contributed by atoms with E-state index in [0.29, 0.717) is 37.2 Å². The SMILES string of the molecule is O=C(CCN1CCC(C(=O)Nc2ccncc2)CC1)c1ccc(F)cc1.O=C(Nc1ccncc1)C1CCCN(C(=O)c2cccnc2)C1. The van der Waals surface area contributed by atoms with E-state index in [2.05, 4.69) is 30.5 Å². The summed E-state index contributed by atoms with van der Waals surface area (Å²) in [5.41, 5.74) is 2.58. The first-order valence-electron chi connectivity index (χ1n) is 16.5. The van der Waals surface area contributed by atoms with Gasteiger partial charge in [-0.25, -0.2) is 4.39 Å². The van der Waals surface area contributed by atoms with Gasteiger partial charge in [0.2, 0.25) is 11.8 Å². The van der Waals surface area contributed by atoms with Crippen molar-refractivity contribution in [2.24, 2.45) is 11.8 Å². The molecule has 3 aromatic heterocycles. The topological polar surface area (TPSA) is 137 Å². The van der Waals surface area contributed by atoms with Crippen LogP contribution in [0.1, 0.15) is 52.8 Å². The number of nitrogens with zero attached hydrogens (tertiary/aromatic N) is 5. The molecule has 2 aliphatic heterocycles. The highest BCUT2D eigenvalue weighted by atomic mass is 19.1. The van der Waals surface area contributed by atoms with E-state index in [1.54, 1.807) is 78.5 Å². The molecular formula is C37H40FN7O4. The number of halogens is 1. The summed E-state index contributed by atoms with van der Waals surface area (Å²) in [6, 6.07) is 16.2. The van der Waals surface area contributed by atoms with Crippen LogP contribution in [0.4, 0.5) is 15.8 Å². The summed E-state index contributed by atoms with van der Waals surface area (Å²) >= 11 is 0. The van der Waals surface area contributed by atoms with Crippen LogP contribution in [0.3, 0.4) is 0 Å². The molecule has 11 nitrogen and oxygen atoms in total. The zero-order valence-electron chi connectivity index (χ0n) is 27.2. The molecule has 5 heterocycles. The third-order valence-corrected chi connectivity index (χ3v) is 8.66. The van der Waals surface area contributed by atoms with Crippen LogP contribution in [0.5, 0.6) is 0 Å². The summed E-state index contributed by atoms with van der Waals surface area (Å²) in [5.74, 6) is -0.612. The van der Waals surface area contributed by atoms with E-state index >= 15 is 0 Å². The predicted octanol–water partition coefficient (Wildman–Crippen LogP) is 5.11. The number of carbonyl (C=O) groups excluding carboxylic acids is 4. The van der Waals surface area contributed by atoms with Crippen LogP contribution < -0.4 is 10.6 Å². The van der Waals surface area contributed by atoms with Crippen molar-refractivity contribution in [3.05, 3.63) is 115 Å². The number of Topliss-reactive ketones (excluding diaryl/α,β-unsaturated/α-hetero) is 1. The molecule has 0 spiro atoms. The number of pyridine rings is 3. The Bertz CT molecular complexity index is 1670. The largest absolute Gasteiger partial charge is 0.338 e. The molecule has 4 aromatic rings. The van der Waals surface area contributed by atoms with Crippen LogP contribution in [0.2, 0.25) is 0 Å². The smallest absolute Gasteiger partial charge is 0.255 e. The standard InChI is InChI=1S/C20H22FN3O2.C17H18N4O2/c21-17-3-1-15(2-4-17)19(25)9-14-24-12-7-16(8-13-24)20(26)23-18-5-10-22-11-6-18;22-16(20-15-5-8-18-9-6-15)14-4-2-10-21(12-14)17(23)13-3-1-7-19-11-13/h1-6,10-11,16H,7-9,12-14H2,(H,22,23,26);1,3,5-9,11,14H,2,4,10,12H2,(H,18,20,22). The summed E-state index contributed by atoms with van der Waals surface area (Å²) in [6.45, 7) is 3.36. The summed E-state index contributed by atoms with van der Waals surface area (Å²) in [4.78, 5) is 65.1. The van der Waals surface area contributed by atoms with E-state index in [0.717, 1.165) is 50.1 Å². The molecule has 2 aliphatic rings. The normalized spacial score (nSPS) is 16.5. The Morgan fingerprint density at radius 2 is 1.31 bits per heavy atom. The number of carbonyl (C=O) groups is 4. The van der Waals surface area contributed by atoms with Gasteiger partial charge in [-0.15, -0.1) is 0 Å². The van der Waals surface area contributed by atoms with Crippen molar-refractivity contribution in [1.82, 2.24) is 24.8 Å². The lowest BCUT2D eigenvalue weighted by molar-refractivity contribution is -0.122.